The first-order valence-corrected chi connectivity index (χ1v) is 7.51. The van der Waals surface area contributed by atoms with Gasteiger partial charge in [-0.15, -0.1) is 0 Å². The number of aryl methyl sites for hydroxylation is 1. The van der Waals surface area contributed by atoms with Gasteiger partial charge in [0.05, 0.1) is 10.6 Å². The Hall–Kier alpha value is -1.88. The van der Waals surface area contributed by atoms with Gasteiger partial charge in [-0.3, -0.25) is 10.1 Å². The summed E-state index contributed by atoms with van der Waals surface area (Å²) in [6, 6.07) is 13.7. The van der Waals surface area contributed by atoms with Gasteiger partial charge in [0.15, 0.2) is 0 Å². The van der Waals surface area contributed by atoms with E-state index in [-0.39, 0.29) is 16.7 Å². The Morgan fingerprint density at radius 2 is 1.95 bits per heavy atom. The third-order valence-corrected chi connectivity index (χ3v) is 3.93. The first kappa shape index (κ1) is 15.5. The minimum Gasteiger partial charge on any atom is -0.381 e. The van der Waals surface area contributed by atoms with Gasteiger partial charge in [-0.2, -0.15) is 0 Å². The highest BCUT2D eigenvalue weighted by Gasteiger charge is 2.15. The number of nitro benzene ring substituents is 1. The highest BCUT2D eigenvalue weighted by Crippen LogP contribution is 2.31. The Morgan fingerprint density at radius 3 is 2.57 bits per heavy atom. The van der Waals surface area contributed by atoms with E-state index >= 15 is 0 Å². The molecule has 0 aliphatic carbocycles. The Morgan fingerprint density at radius 1 is 1.29 bits per heavy atom. The van der Waals surface area contributed by atoms with Crippen LogP contribution in [-0.2, 0) is 6.42 Å². The third-order valence-electron chi connectivity index (χ3n) is 3.27. The second kappa shape index (κ2) is 6.72. The van der Waals surface area contributed by atoms with Gasteiger partial charge in [0.2, 0.25) is 0 Å². The van der Waals surface area contributed by atoms with Crippen molar-refractivity contribution in [2.75, 3.05) is 5.32 Å². The molecular weight excluding hydrogens is 332 g/mol. The van der Waals surface area contributed by atoms with Crippen molar-refractivity contribution in [3.05, 3.63) is 68.2 Å². The predicted molar refractivity (Wildman–Crippen MR) is 88.8 cm³/mol. The summed E-state index contributed by atoms with van der Waals surface area (Å²) < 4.78 is 0.838. The fourth-order valence-corrected chi connectivity index (χ4v) is 2.83. The molecule has 2 aromatic carbocycles. The summed E-state index contributed by atoms with van der Waals surface area (Å²) in [5.41, 5.74) is 2.76. The van der Waals surface area contributed by atoms with E-state index in [2.05, 4.69) is 40.3 Å². The minimum absolute atomic E-state index is 0.132. The monoisotopic (exact) mass is 348 g/mol. The second-order valence-electron chi connectivity index (χ2n) is 5.11. The van der Waals surface area contributed by atoms with Crippen LogP contribution in [0.15, 0.2) is 46.9 Å². The van der Waals surface area contributed by atoms with Crippen LogP contribution in [0.5, 0.6) is 0 Å². The van der Waals surface area contributed by atoms with Crippen molar-refractivity contribution in [2.45, 2.75) is 26.3 Å². The van der Waals surface area contributed by atoms with Crippen LogP contribution in [0.2, 0.25) is 0 Å². The van der Waals surface area contributed by atoms with Crippen molar-refractivity contribution in [1.29, 1.82) is 0 Å². The molecule has 0 spiro atoms. The lowest BCUT2D eigenvalue weighted by atomic mass is 10.1. The van der Waals surface area contributed by atoms with Crippen LogP contribution in [0.4, 0.5) is 11.4 Å². The normalized spacial score (nSPS) is 12.0. The lowest BCUT2D eigenvalue weighted by Crippen LogP contribution is -2.18. The number of nitro groups is 1. The maximum atomic E-state index is 11.0. The third kappa shape index (κ3) is 4.04. The lowest BCUT2D eigenvalue weighted by molar-refractivity contribution is -0.385. The number of rotatable bonds is 5. The van der Waals surface area contributed by atoms with E-state index in [1.54, 1.807) is 19.1 Å². The predicted octanol–water partition coefficient (Wildman–Crippen LogP) is 4.71. The van der Waals surface area contributed by atoms with Crippen LogP contribution in [0.1, 0.15) is 18.1 Å². The van der Waals surface area contributed by atoms with Crippen molar-refractivity contribution >= 4 is 27.3 Å². The molecule has 21 heavy (non-hydrogen) atoms. The van der Waals surface area contributed by atoms with Gasteiger partial charge in [-0.25, -0.2) is 0 Å². The summed E-state index contributed by atoms with van der Waals surface area (Å²) in [6.45, 7) is 3.80. The van der Waals surface area contributed by atoms with Gasteiger partial charge in [-0.05, 0) is 47.8 Å². The van der Waals surface area contributed by atoms with Gasteiger partial charge in [0.25, 0.3) is 5.69 Å². The topological polar surface area (TPSA) is 55.2 Å². The van der Waals surface area contributed by atoms with Crippen molar-refractivity contribution in [3.63, 3.8) is 0 Å². The van der Waals surface area contributed by atoms with Crippen LogP contribution in [0.3, 0.4) is 0 Å². The van der Waals surface area contributed by atoms with E-state index in [9.17, 15) is 10.1 Å². The molecule has 0 heterocycles. The van der Waals surface area contributed by atoms with E-state index in [0.717, 1.165) is 16.6 Å². The van der Waals surface area contributed by atoms with Gasteiger partial charge in [-0.1, -0.05) is 30.3 Å². The summed E-state index contributed by atoms with van der Waals surface area (Å²) in [5.74, 6) is 0. The summed E-state index contributed by atoms with van der Waals surface area (Å²) >= 11 is 3.46. The molecule has 0 aliphatic rings. The molecule has 0 saturated heterocycles. The molecule has 110 valence electrons. The fraction of sp³-hybridized carbons (Fsp3) is 0.250. The standard InChI is InChI=1S/C16H17BrN2O2/c1-11-8-14(17)15(10-16(11)19(20)21)18-12(2)9-13-6-4-3-5-7-13/h3-8,10,12,18H,9H2,1-2H3. The van der Waals surface area contributed by atoms with Crippen molar-refractivity contribution < 1.29 is 4.92 Å². The molecule has 5 heteroatoms. The number of hydrogen-bond acceptors (Lipinski definition) is 3. The molecule has 0 aromatic heterocycles. The molecule has 0 fully saturated rings. The zero-order valence-electron chi connectivity index (χ0n) is 12.0. The maximum Gasteiger partial charge on any atom is 0.274 e. The highest BCUT2D eigenvalue weighted by atomic mass is 79.9. The molecule has 4 nitrogen and oxygen atoms in total. The highest BCUT2D eigenvalue weighted by molar-refractivity contribution is 9.10. The number of halogens is 1. The largest absolute Gasteiger partial charge is 0.381 e. The Balaban J connectivity index is 2.15. The first-order valence-electron chi connectivity index (χ1n) is 6.72. The van der Waals surface area contributed by atoms with Crippen LogP contribution >= 0.6 is 15.9 Å². The number of anilines is 1. The van der Waals surface area contributed by atoms with E-state index in [0.29, 0.717) is 5.56 Å². The number of nitrogens with zero attached hydrogens (tertiary/aromatic N) is 1. The molecule has 0 saturated carbocycles. The molecule has 2 rings (SSSR count). The Labute approximate surface area is 132 Å². The Kier molecular flexibility index (Phi) is 4.96. The average molecular weight is 349 g/mol. The molecule has 0 aliphatic heterocycles. The lowest BCUT2D eigenvalue weighted by Gasteiger charge is -2.17. The SMILES string of the molecule is Cc1cc(Br)c(NC(C)Cc2ccccc2)cc1[N+](=O)[O-]. The fourth-order valence-electron chi connectivity index (χ4n) is 2.25. The van der Waals surface area contributed by atoms with Gasteiger partial charge in [0.1, 0.15) is 0 Å². The maximum absolute atomic E-state index is 11.0. The molecule has 1 atom stereocenters. The van der Waals surface area contributed by atoms with Crippen LogP contribution in [0, 0.1) is 17.0 Å². The van der Waals surface area contributed by atoms with Crippen LogP contribution in [0.25, 0.3) is 0 Å². The number of hydrogen-bond donors (Lipinski definition) is 1. The number of nitrogens with one attached hydrogen (secondary N) is 1. The molecule has 2 aromatic rings. The van der Waals surface area contributed by atoms with E-state index in [1.807, 2.05) is 18.2 Å². The molecule has 0 amide bonds. The van der Waals surface area contributed by atoms with Crippen molar-refractivity contribution in [3.8, 4) is 0 Å². The molecule has 0 radical (unpaired) electrons. The minimum atomic E-state index is -0.352. The van der Waals surface area contributed by atoms with E-state index < -0.39 is 0 Å². The molecule has 0 bridgehead atoms. The van der Waals surface area contributed by atoms with Crippen molar-refractivity contribution in [1.82, 2.24) is 0 Å². The second-order valence-corrected chi connectivity index (χ2v) is 5.97. The summed E-state index contributed by atoms with van der Waals surface area (Å²) in [7, 11) is 0. The summed E-state index contributed by atoms with van der Waals surface area (Å²) in [5, 5.41) is 14.4. The van der Waals surface area contributed by atoms with Crippen molar-refractivity contribution in [2.24, 2.45) is 0 Å². The summed E-state index contributed by atoms with van der Waals surface area (Å²) in [6.07, 6.45) is 0.856. The first-order chi connectivity index (χ1) is 9.97. The average Bonchev–Trinajstić information content (AvgIpc) is 2.42. The van der Waals surface area contributed by atoms with Gasteiger partial charge in [0, 0.05) is 22.1 Å². The molecule has 1 N–H and O–H groups in total. The molecular formula is C16H17BrN2O2. The van der Waals surface area contributed by atoms with Crippen LogP contribution < -0.4 is 5.32 Å². The van der Waals surface area contributed by atoms with E-state index in [4.69, 9.17) is 0 Å². The zero-order chi connectivity index (χ0) is 15.4. The molecule has 1 unspecified atom stereocenters. The Bertz CT molecular complexity index is 644. The number of benzene rings is 2. The zero-order valence-corrected chi connectivity index (χ0v) is 13.6. The van der Waals surface area contributed by atoms with Crippen LogP contribution in [-0.4, -0.2) is 11.0 Å². The van der Waals surface area contributed by atoms with E-state index in [1.165, 1.54) is 5.56 Å². The smallest absolute Gasteiger partial charge is 0.274 e. The summed E-state index contributed by atoms with van der Waals surface area (Å²) in [4.78, 5) is 10.7. The quantitative estimate of drug-likeness (QED) is 0.628. The van der Waals surface area contributed by atoms with Gasteiger partial charge >= 0.3 is 0 Å². The van der Waals surface area contributed by atoms with Gasteiger partial charge < -0.3 is 5.32 Å².